The van der Waals surface area contributed by atoms with Gasteiger partial charge in [0.25, 0.3) is 0 Å². The van der Waals surface area contributed by atoms with Crippen molar-refractivity contribution in [3.8, 4) is 35.4 Å². The number of ether oxygens (including phenoxy) is 1. The highest BCUT2D eigenvalue weighted by atomic mass is 32.2. The first kappa shape index (κ1) is 28.8. The van der Waals surface area contributed by atoms with E-state index < -0.39 is 38.4 Å². The topological polar surface area (TPSA) is 106 Å². The van der Waals surface area contributed by atoms with Gasteiger partial charge >= 0.3 is 6.01 Å². The number of benzene rings is 2. The SMILES string of the molecule is C#Cc1c(F)ccc2cc(O)cc(-c3ncc4c(S(=O)(=O)C5CCCC5)nc(OC[C@@]56CCCN5C[C@H](F)C6)nc4c3F)c12. The lowest BCUT2D eigenvalue weighted by Crippen LogP contribution is -2.43. The standard InChI is InChI=1S/C32H29F3N4O4S/c1-2-22-25(34)9-8-18-12-20(40)13-23(26(18)22)28-27(35)29-24(15-36-28)30(44(41,42)21-6-3-4-7-21)38-31(37-29)43-17-32-10-5-11-39(32)16-19(33)14-32/h1,8-9,12-13,15,19,21,40H,3-7,10-11,14,16-17H2/t19-,32+/m1/s1. The first-order valence-corrected chi connectivity index (χ1v) is 16.2. The summed E-state index contributed by atoms with van der Waals surface area (Å²) >= 11 is 0. The number of aromatic nitrogens is 3. The third kappa shape index (κ3) is 4.56. The second-order valence-corrected chi connectivity index (χ2v) is 14.1. The van der Waals surface area contributed by atoms with Crippen molar-refractivity contribution in [2.24, 2.45) is 0 Å². The summed E-state index contributed by atoms with van der Waals surface area (Å²) in [5, 5.41) is 9.75. The van der Waals surface area contributed by atoms with Gasteiger partial charge in [-0.1, -0.05) is 24.8 Å². The summed E-state index contributed by atoms with van der Waals surface area (Å²) in [5.74, 6) is 0.341. The smallest absolute Gasteiger partial charge is 0.318 e. The van der Waals surface area contributed by atoms with Gasteiger partial charge in [-0.05, 0) is 55.8 Å². The van der Waals surface area contributed by atoms with Crippen LogP contribution in [0.4, 0.5) is 13.2 Å². The Balaban J connectivity index is 1.41. The van der Waals surface area contributed by atoms with Gasteiger partial charge in [-0.2, -0.15) is 9.97 Å². The number of hydrogen-bond acceptors (Lipinski definition) is 8. The number of phenols is 1. The first-order valence-electron chi connectivity index (χ1n) is 14.7. The third-order valence-corrected chi connectivity index (χ3v) is 11.5. The zero-order valence-electron chi connectivity index (χ0n) is 23.7. The van der Waals surface area contributed by atoms with Gasteiger partial charge in [0.2, 0.25) is 0 Å². The van der Waals surface area contributed by atoms with Crippen molar-refractivity contribution < 1.29 is 31.4 Å². The molecule has 2 aromatic heterocycles. The number of halogens is 3. The number of phenolic OH excluding ortho intramolecular Hbond substituents is 1. The van der Waals surface area contributed by atoms with Gasteiger partial charge in [0.05, 0.1) is 21.7 Å². The van der Waals surface area contributed by atoms with Crippen molar-refractivity contribution >= 4 is 31.5 Å². The number of nitrogens with zero attached hydrogens (tertiary/aromatic N) is 4. The van der Waals surface area contributed by atoms with E-state index in [4.69, 9.17) is 11.2 Å². The fourth-order valence-corrected chi connectivity index (χ4v) is 9.17. The van der Waals surface area contributed by atoms with Crippen LogP contribution in [0.5, 0.6) is 11.8 Å². The van der Waals surface area contributed by atoms with Crippen LogP contribution in [0.15, 0.2) is 35.5 Å². The minimum atomic E-state index is -4.03. The molecule has 44 heavy (non-hydrogen) atoms. The molecule has 4 aromatic rings. The maximum absolute atomic E-state index is 16.6. The Bertz CT molecular complexity index is 1980. The molecule has 2 saturated heterocycles. The minimum absolute atomic E-state index is 0.00793. The van der Waals surface area contributed by atoms with E-state index >= 15 is 4.39 Å². The fraction of sp³-hybridized carbons (Fsp3) is 0.406. The van der Waals surface area contributed by atoms with Gasteiger partial charge in [0.15, 0.2) is 20.7 Å². The van der Waals surface area contributed by atoms with Gasteiger partial charge in [0, 0.05) is 30.1 Å². The van der Waals surface area contributed by atoms with Gasteiger partial charge in [-0.25, -0.2) is 21.6 Å². The number of alkyl halides is 1. The second-order valence-electron chi connectivity index (χ2n) is 12.0. The van der Waals surface area contributed by atoms with Crippen molar-refractivity contribution in [1.82, 2.24) is 19.9 Å². The van der Waals surface area contributed by atoms with E-state index in [0.717, 1.165) is 31.9 Å². The van der Waals surface area contributed by atoms with Crippen molar-refractivity contribution in [2.75, 3.05) is 19.7 Å². The van der Waals surface area contributed by atoms with E-state index in [-0.39, 0.29) is 62.9 Å². The number of sulfone groups is 1. The van der Waals surface area contributed by atoms with Crippen LogP contribution < -0.4 is 4.74 Å². The molecule has 3 fully saturated rings. The van der Waals surface area contributed by atoms with Crippen LogP contribution >= 0.6 is 0 Å². The maximum Gasteiger partial charge on any atom is 0.318 e. The molecule has 8 nitrogen and oxygen atoms in total. The summed E-state index contributed by atoms with van der Waals surface area (Å²) in [6.45, 7) is 1.04. The van der Waals surface area contributed by atoms with E-state index in [1.54, 1.807) is 0 Å². The van der Waals surface area contributed by atoms with Crippen molar-refractivity contribution in [2.45, 2.75) is 66.9 Å². The molecule has 0 spiro atoms. The molecule has 2 aromatic carbocycles. The van der Waals surface area contributed by atoms with E-state index in [9.17, 15) is 22.3 Å². The van der Waals surface area contributed by atoms with Crippen LogP contribution in [0.2, 0.25) is 0 Å². The average molecular weight is 623 g/mol. The molecule has 12 heteroatoms. The van der Waals surface area contributed by atoms with Gasteiger partial charge in [0.1, 0.15) is 35.6 Å². The largest absolute Gasteiger partial charge is 0.508 e. The van der Waals surface area contributed by atoms with E-state index in [2.05, 4.69) is 20.9 Å². The molecule has 1 saturated carbocycles. The highest BCUT2D eigenvalue weighted by Gasteiger charge is 2.49. The van der Waals surface area contributed by atoms with E-state index in [1.807, 2.05) is 4.90 Å². The number of hydrogen-bond donors (Lipinski definition) is 1. The molecule has 2 atom stereocenters. The number of aromatic hydroxyl groups is 1. The third-order valence-electron chi connectivity index (χ3n) is 9.32. The number of rotatable bonds is 6. The molecule has 0 unspecified atom stereocenters. The predicted molar refractivity (Wildman–Crippen MR) is 158 cm³/mol. The summed E-state index contributed by atoms with van der Waals surface area (Å²) in [6, 6.07) is 4.81. The lowest BCUT2D eigenvalue weighted by Gasteiger charge is -2.30. The Kier molecular flexibility index (Phi) is 6.93. The Morgan fingerprint density at radius 2 is 1.95 bits per heavy atom. The highest BCUT2D eigenvalue weighted by Crippen LogP contribution is 2.42. The maximum atomic E-state index is 16.6. The Morgan fingerprint density at radius 1 is 1.16 bits per heavy atom. The molecule has 0 radical (unpaired) electrons. The minimum Gasteiger partial charge on any atom is -0.508 e. The molecule has 4 heterocycles. The molecule has 2 aliphatic heterocycles. The highest BCUT2D eigenvalue weighted by molar-refractivity contribution is 7.92. The number of fused-ring (bicyclic) bond motifs is 3. The van der Waals surface area contributed by atoms with Crippen molar-refractivity contribution in [3.63, 3.8) is 0 Å². The zero-order chi connectivity index (χ0) is 30.8. The molecular weight excluding hydrogens is 593 g/mol. The van der Waals surface area contributed by atoms with Crippen LogP contribution in [-0.4, -0.2) is 70.0 Å². The van der Waals surface area contributed by atoms with E-state index in [0.29, 0.717) is 31.2 Å². The summed E-state index contributed by atoms with van der Waals surface area (Å²) in [5.41, 5.74) is -1.37. The van der Waals surface area contributed by atoms with Crippen LogP contribution in [0.25, 0.3) is 32.9 Å². The Morgan fingerprint density at radius 3 is 2.73 bits per heavy atom. The molecule has 0 bridgehead atoms. The summed E-state index contributed by atoms with van der Waals surface area (Å²) in [6.07, 6.45) is 10.0. The summed E-state index contributed by atoms with van der Waals surface area (Å²) in [4.78, 5) is 14.9. The average Bonchev–Trinajstić information content (AvgIpc) is 3.73. The van der Waals surface area contributed by atoms with Crippen LogP contribution in [-0.2, 0) is 9.84 Å². The summed E-state index contributed by atoms with van der Waals surface area (Å²) in [7, 11) is -4.03. The lowest BCUT2D eigenvalue weighted by molar-refractivity contribution is 0.107. The number of terminal acetylenes is 1. The van der Waals surface area contributed by atoms with Gasteiger partial charge < -0.3 is 9.84 Å². The molecule has 3 aliphatic rings. The monoisotopic (exact) mass is 622 g/mol. The van der Waals surface area contributed by atoms with Gasteiger partial charge in [-0.15, -0.1) is 6.42 Å². The lowest BCUT2D eigenvalue weighted by atomic mass is 9.95. The van der Waals surface area contributed by atoms with Crippen molar-refractivity contribution in [3.05, 3.63) is 47.7 Å². The van der Waals surface area contributed by atoms with Crippen LogP contribution in [0, 0.1) is 24.0 Å². The number of pyridine rings is 1. The molecule has 0 amide bonds. The predicted octanol–water partition coefficient (Wildman–Crippen LogP) is 5.48. The Labute approximate surface area is 252 Å². The van der Waals surface area contributed by atoms with Crippen LogP contribution in [0.1, 0.15) is 50.5 Å². The first-order chi connectivity index (χ1) is 21.1. The van der Waals surface area contributed by atoms with Crippen LogP contribution in [0.3, 0.4) is 0 Å². The zero-order valence-corrected chi connectivity index (χ0v) is 24.5. The summed E-state index contributed by atoms with van der Waals surface area (Å²) < 4.78 is 79.4. The van der Waals surface area contributed by atoms with Crippen molar-refractivity contribution in [1.29, 1.82) is 0 Å². The molecule has 1 aliphatic carbocycles. The fourth-order valence-electron chi connectivity index (χ4n) is 7.24. The van der Waals surface area contributed by atoms with Gasteiger partial charge in [-0.3, -0.25) is 9.88 Å². The molecule has 7 rings (SSSR count). The second kappa shape index (κ2) is 10.6. The molecule has 1 N–H and O–H groups in total. The molecule has 228 valence electrons. The normalized spacial score (nSPS) is 22.5. The molecular formula is C32H29F3N4O4S. The Hall–Kier alpha value is -3.95. The van der Waals surface area contributed by atoms with E-state index in [1.165, 1.54) is 24.4 Å². The quantitative estimate of drug-likeness (QED) is 0.223.